The molecule has 3 rings (SSSR count). The second-order valence-corrected chi connectivity index (χ2v) is 5.80. The van der Waals surface area contributed by atoms with Crippen molar-refractivity contribution in [2.45, 2.75) is 6.92 Å². The molecule has 1 N–H and O–H groups in total. The highest BCUT2D eigenvalue weighted by Gasteiger charge is 2.36. The number of benzene rings is 2. The van der Waals surface area contributed by atoms with Crippen molar-refractivity contribution in [3.05, 3.63) is 65.4 Å². The second-order valence-electron chi connectivity index (χ2n) is 5.44. The van der Waals surface area contributed by atoms with Gasteiger partial charge in [-0.05, 0) is 55.0 Å². The largest absolute Gasteiger partial charge is 0.508 e. The Morgan fingerprint density at radius 3 is 2.26 bits per heavy atom. The molecule has 5 heteroatoms. The summed E-state index contributed by atoms with van der Waals surface area (Å²) in [5, 5.41) is 9.83. The van der Waals surface area contributed by atoms with Gasteiger partial charge >= 0.3 is 0 Å². The first kappa shape index (κ1) is 15.2. The van der Waals surface area contributed by atoms with Crippen LogP contribution < -0.4 is 4.90 Å². The van der Waals surface area contributed by atoms with E-state index in [0.717, 1.165) is 16.8 Å². The minimum absolute atomic E-state index is 0.149. The van der Waals surface area contributed by atoms with Crippen LogP contribution in [0, 0.1) is 6.92 Å². The average molecular weight is 324 g/mol. The highest BCUT2D eigenvalue weighted by Crippen LogP contribution is 2.29. The van der Waals surface area contributed by atoms with Crippen molar-refractivity contribution < 1.29 is 9.90 Å². The molecule has 1 aliphatic rings. The predicted octanol–water partition coefficient (Wildman–Crippen LogP) is 3.31. The van der Waals surface area contributed by atoms with Gasteiger partial charge < -0.3 is 5.11 Å². The van der Waals surface area contributed by atoms with Gasteiger partial charge in [0.25, 0.3) is 5.91 Å². The predicted molar refractivity (Wildman–Crippen MR) is 95.1 cm³/mol. The molecule has 2 aromatic carbocycles. The number of carbonyl (C=O) groups is 1. The van der Waals surface area contributed by atoms with E-state index in [-0.39, 0.29) is 11.7 Å². The zero-order chi connectivity index (χ0) is 16.6. The molecular formula is C18H16N2O2S. The number of carbonyl (C=O) groups excluding carboxylic acids is 1. The summed E-state index contributed by atoms with van der Waals surface area (Å²) in [7, 11) is 1.67. The first-order valence-corrected chi connectivity index (χ1v) is 7.58. The Kier molecular flexibility index (Phi) is 3.88. The van der Waals surface area contributed by atoms with Gasteiger partial charge in [0.2, 0.25) is 0 Å². The van der Waals surface area contributed by atoms with E-state index in [0.29, 0.717) is 10.8 Å². The Labute approximate surface area is 140 Å². The van der Waals surface area contributed by atoms with Crippen molar-refractivity contribution in [2.24, 2.45) is 0 Å². The average Bonchev–Trinajstić information content (AvgIpc) is 2.75. The van der Waals surface area contributed by atoms with Gasteiger partial charge in [0.1, 0.15) is 11.4 Å². The maximum atomic E-state index is 12.5. The third-order valence-electron chi connectivity index (χ3n) is 3.73. The lowest BCUT2D eigenvalue weighted by Crippen LogP contribution is -2.29. The Morgan fingerprint density at radius 1 is 1.04 bits per heavy atom. The standard InChI is InChI=1S/C18H16N2O2S/c1-12-3-7-14(8-4-12)20-16(17(22)19(2)18(20)23)11-13-5-9-15(21)10-6-13/h3-11,21H,1-2H3. The minimum Gasteiger partial charge on any atom is -0.508 e. The van der Waals surface area contributed by atoms with Crippen LogP contribution in [0.4, 0.5) is 5.69 Å². The van der Waals surface area contributed by atoms with Crippen molar-refractivity contribution in [1.29, 1.82) is 0 Å². The van der Waals surface area contributed by atoms with Crippen LogP contribution in [0.15, 0.2) is 54.2 Å². The highest BCUT2D eigenvalue weighted by atomic mass is 32.1. The van der Waals surface area contributed by atoms with E-state index in [1.165, 1.54) is 4.90 Å². The molecule has 0 unspecified atom stereocenters. The summed E-state index contributed by atoms with van der Waals surface area (Å²) < 4.78 is 0. The molecule has 116 valence electrons. The molecule has 1 saturated heterocycles. The molecule has 0 aromatic heterocycles. The quantitative estimate of drug-likeness (QED) is 0.680. The van der Waals surface area contributed by atoms with E-state index < -0.39 is 0 Å². The minimum atomic E-state index is -0.149. The van der Waals surface area contributed by atoms with Gasteiger partial charge in [0.05, 0.1) is 0 Å². The number of aromatic hydroxyl groups is 1. The van der Waals surface area contributed by atoms with Crippen LogP contribution in [0.25, 0.3) is 6.08 Å². The normalized spacial score (nSPS) is 16.5. The Bertz CT molecular complexity index is 795. The van der Waals surface area contributed by atoms with Gasteiger partial charge in [-0.3, -0.25) is 14.6 Å². The number of rotatable bonds is 2. The van der Waals surface area contributed by atoms with Gasteiger partial charge in [-0.15, -0.1) is 0 Å². The monoisotopic (exact) mass is 324 g/mol. The summed E-state index contributed by atoms with van der Waals surface area (Å²) in [6, 6.07) is 14.5. The maximum absolute atomic E-state index is 12.5. The van der Waals surface area contributed by atoms with Crippen LogP contribution in [-0.2, 0) is 4.79 Å². The molecule has 0 saturated carbocycles. The molecule has 1 aliphatic heterocycles. The van der Waals surface area contributed by atoms with Crippen molar-refractivity contribution in [1.82, 2.24) is 4.90 Å². The van der Waals surface area contributed by atoms with Gasteiger partial charge in [-0.2, -0.15) is 0 Å². The number of amides is 1. The number of phenols is 1. The number of anilines is 1. The topological polar surface area (TPSA) is 43.8 Å². The molecule has 0 radical (unpaired) electrons. The van der Waals surface area contributed by atoms with Crippen molar-refractivity contribution in [3.63, 3.8) is 0 Å². The summed E-state index contributed by atoms with van der Waals surface area (Å²) in [6.07, 6.45) is 1.78. The van der Waals surface area contributed by atoms with E-state index in [1.807, 2.05) is 31.2 Å². The zero-order valence-corrected chi connectivity index (χ0v) is 13.7. The van der Waals surface area contributed by atoms with Gasteiger partial charge in [0.15, 0.2) is 5.11 Å². The molecule has 0 spiro atoms. The lowest BCUT2D eigenvalue weighted by molar-refractivity contribution is -0.121. The second kappa shape index (κ2) is 5.85. The molecule has 1 fully saturated rings. The molecule has 23 heavy (non-hydrogen) atoms. The number of hydrogen-bond acceptors (Lipinski definition) is 3. The molecule has 1 amide bonds. The van der Waals surface area contributed by atoms with Crippen LogP contribution in [0.2, 0.25) is 0 Å². The van der Waals surface area contributed by atoms with Crippen LogP contribution in [0.3, 0.4) is 0 Å². The van der Waals surface area contributed by atoms with Crippen molar-refractivity contribution in [3.8, 4) is 5.75 Å². The SMILES string of the molecule is Cc1ccc(N2C(=S)N(C)C(=O)C2=Cc2ccc(O)cc2)cc1. The van der Waals surface area contributed by atoms with E-state index in [2.05, 4.69) is 0 Å². The summed E-state index contributed by atoms with van der Waals surface area (Å²) in [5.41, 5.74) is 3.30. The van der Waals surface area contributed by atoms with Gasteiger partial charge in [-0.25, -0.2) is 0 Å². The first-order valence-electron chi connectivity index (χ1n) is 7.17. The van der Waals surface area contributed by atoms with E-state index in [1.54, 1.807) is 42.3 Å². The zero-order valence-electron chi connectivity index (χ0n) is 12.9. The lowest BCUT2D eigenvalue weighted by atomic mass is 10.1. The van der Waals surface area contributed by atoms with Crippen LogP contribution in [0.5, 0.6) is 5.75 Å². The molecule has 0 atom stereocenters. The third-order valence-corrected chi connectivity index (χ3v) is 4.19. The van der Waals surface area contributed by atoms with Crippen molar-refractivity contribution in [2.75, 3.05) is 11.9 Å². The van der Waals surface area contributed by atoms with E-state index >= 15 is 0 Å². The summed E-state index contributed by atoms with van der Waals surface area (Å²) in [5.74, 6) is 0.0385. The van der Waals surface area contributed by atoms with Gasteiger partial charge in [0, 0.05) is 12.7 Å². The number of nitrogens with zero attached hydrogens (tertiary/aromatic N) is 2. The van der Waals surface area contributed by atoms with Crippen LogP contribution in [-0.4, -0.2) is 28.1 Å². The highest BCUT2D eigenvalue weighted by molar-refractivity contribution is 7.80. The fourth-order valence-corrected chi connectivity index (χ4v) is 2.69. The van der Waals surface area contributed by atoms with E-state index in [4.69, 9.17) is 12.2 Å². The molecule has 4 nitrogen and oxygen atoms in total. The molecule has 0 aliphatic carbocycles. The molecule has 1 heterocycles. The Balaban J connectivity index is 2.07. The molecule has 0 bridgehead atoms. The Hall–Kier alpha value is -2.66. The summed E-state index contributed by atoms with van der Waals surface area (Å²) in [6.45, 7) is 2.01. The molecular weight excluding hydrogens is 308 g/mol. The summed E-state index contributed by atoms with van der Waals surface area (Å²) in [4.78, 5) is 15.7. The third kappa shape index (κ3) is 2.83. The first-order chi connectivity index (χ1) is 11.0. The summed E-state index contributed by atoms with van der Waals surface area (Å²) >= 11 is 5.42. The number of hydrogen-bond donors (Lipinski definition) is 1. The molecule has 2 aromatic rings. The smallest absolute Gasteiger partial charge is 0.276 e. The van der Waals surface area contributed by atoms with Gasteiger partial charge in [-0.1, -0.05) is 29.8 Å². The fourth-order valence-electron chi connectivity index (χ4n) is 2.41. The van der Waals surface area contributed by atoms with Crippen LogP contribution in [0.1, 0.15) is 11.1 Å². The maximum Gasteiger partial charge on any atom is 0.276 e. The Morgan fingerprint density at radius 2 is 1.65 bits per heavy atom. The van der Waals surface area contributed by atoms with Crippen LogP contribution >= 0.6 is 12.2 Å². The number of aryl methyl sites for hydroxylation is 1. The number of thiocarbonyl (C=S) groups is 1. The number of likely N-dealkylation sites (N-methyl/N-ethyl adjacent to an activating group) is 1. The van der Waals surface area contributed by atoms with Crippen molar-refractivity contribution >= 4 is 35.0 Å². The number of phenolic OH excluding ortho intramolecular Hbond substituents is 1. The lowest BCUT2D eigenvalue weighted by Gasteiger charge is -2.19. The van der Waals surface area contributed by atoms with E-state index in [9.17, 15) is 9.90 Å². The fraction of sp³-hybridized carbons (Fsp3) is 0.111.